The molecule has 1 aliphatic carbocycles. The number of aromatic amines is 2. The van der Waals surface area contributed by atoms with E-state index in [2.05, 4.69) is 41.4 Å². The quantitative estimate of drug-likeness (QED) is 0.248. The second kappa shape index (κ2) is 10.7. The summed E-state index contributed by atoms with van der Waals surface area (Å²) in [5.74, 6) is 1.16. The highest BCUT2D eigenvalue weighted by Gasteiger charge is 2.20. The maximum absolute atomic E-state index is 12.7. The van der Waals surface area contributed by atoms with Crippen LogP contribution in [0, 0.1) is 5.92 Å². The fraction of sp³-hybridized carbons (Fsp3) is 0.400. The van der Waals surface area contributed by atoms with Gasteiger partial charge in [-0.05, 0) is 62.3 Å². The summed E-state index contributed by atoms with van der Waals surface area (Å²) >= 11 is 0. The number of carbonyl (C=O) groups is 1. The highest BCUT2D eigenvalue weighted by Crippen LogP contribution is 2.32. The maximum Gasteiger partial charge on any atom is 0.224 e. The molecule has 10 heteroatoms. The van der Waals surface area contributed by atoms with E-state index < -0.39 is 0 Å². The lowest BCUT2D eigenvalue weighted by atomic mass is 9.87. The van der Waals surface area contributed by atoms with Gasteiger partial charge in [0, 0.05) is 37.5 Å². The highest BCUT2D eigenvalue weighted by molar-refractivity contribution is 5.94. The molecule has 10 nitrogen and oxygen atoms in total. The van der Waals surface area contributed by atoms with Crippen molar-refractivity contribution < 1.29 is 4.79 Å². The normalized spacial score (nSPS) is 16.6. The van der Waals surface area contributed by atoms with Gasteiger partial charge in [-0.25, -0.2) is 15.0 Å². The molecule has 1 amide bonds. The number of nitrogens with one attached hydrogen (secondary N) is 3. The van der Waals surface area contributed by atoms with E-state index in [4.69, 9.17) is 9.97 Å². The molecule has 0 bridgehead atoms. The Bertz CT molecular complexity index is 1660. The van der Waals surface area contributed by atoms with Crippen LogP contribution in [0.3, 0.4) is 0 Å². The molecule has 2 fully saturated rings. The average molecular weight is 536 g/mol. The highest BCUT2D eigenvalue weighted by atomic mass is 16.1. The minimum absolute atomic E-state index is 0.0498. The molecular weight excluding hydrogens is 502 g/mol. The van der Waals surface area contributed by atoms with Gasteiger partial charge in [-0.3, -0.25) is 14.9 Å². The van der Waals surface area contributed by atoms with Crippen molar-refractivity contribution in [3.8, 4) is 22.8 Å². The van der Waals surface area contributed by atoms with E-state index in [0.717, 1.165) is 53.9 Å². The van der Waals surface area contributed by atoms with E-state index in [1.807, 2.05) is 24.4 Å². The Morgan fingerprint density at radius 1 is 1.00 bits per heavy atom. The molecule has 1 saturated heterocycles. The zero-order valence-corrected chi connectivity index (χ0v) is 22.5. The van der Waals surface area contributed by atoms with Gasteiger partial charge in [-0.15, -0.1) is 0 Å². The van der Waals surface area contributed by atoms with Crippen molar-refractivity contribution in [1.82, 2.24) is 35.1 Å². The van der Waals surface area contributed by atoms with Crippen LogP contribution in [-0.4, -0.2) is 54.1 Å². The van der Waals surface area contributed by atoms with E-state index in [0.29, 0.717) is 40.7 Å². The minimum Gasteiger partial charge on any atom is -0.370 e. The summed E-state index contributed by atoms with van der Waals surface area (Å²) in [6.45, 7) is 2.08. The minimum atomic E-state index is 0.0498. The third-order valence-corrected chi connectivity index (χ3v) is 8.22. The Labute approximate surface area is 232 Å². The summed E-state index contributed by atoms with van der Waals surface area (Å²) in [7, 11) is 0. The lowest BCUT2D eigenvalue weighted by Crippen LogP contribution is -2.29. The number of nitrogens with zero attached hydrogens (tertiary/aromatic N) is 6. The number of imidazole rings is 1. The largest absolute Gasteiger partial charge is 0.370 e. The van der Waals surface area contributed by atoms with Crippen LogP contribution < -0.4 is 10.2 Å². The van der Waals surface area contributed by atoms with Gasteiger partial charge in [-0.1, -0.05) is 19.3 Å². The van der Waals surface area contributed by atoms with Crippen molar-refractivity contribution in [3.63, 3.8) is 0 Å². The predicted octanol–water partition coefficient (Wildman–Crippen LogP) is 5.86. The molecule has 0 unspecified atom stereocenters. The van der Waals surface area contributed by atoms with Gasteiger partial charge in [-0.2, -0.15) is 5.10 Å². The molecule has 0 atom stereocenters. The monoisotopic (exact) mass is 535 g/mol. The molecule has 7 rings (SSSR count). The third-order valence-electron chi connectivity index (χ3n) is 8.22. The van der Waals surface area contributed by atoms with Gasteiger partial charge in [0.15, 0.2) is 17.2 Å². The van der Waals surface area contributed by atoms with Crippen molar-refractivity contribution >= 4 is 39.5 Å². The smallest absolute Gasteiger partial charge is 0.224 e. The van der Waals surface area contributed by atoms with Gasteiger partial charge in [0.1, 0.15) is 11.0 Å². The molecule has 6 heterocycles. The Hall–Kier alpha value is -4.34. The Morgan fingerprint density at radius 2 is 1.85 bits per heavy atom. The number of piperidine rings is 1. The molecule has 40 heavy (non-hydrogen) atoms. The first-order valence-corrected chi connectivity index (χ1v) is 14.4. The summed E-state index contributed by atoms with van der Waals surface area (Å²) in [5, 5.41) is 10.7. The second-order valence-electron chi connectivity index (χ2n) is 11.0. The van der Waals surface area contributed by atoms with E-state index in [-0.39, 0.29) is 5.91 Å². The average Bonchev–Trinajstić information content (AvgIpc) is 3.62. The first kappa shape index (κ1) is 24.7. The molecular formula is C30H33N9O. The molecule has 204 valence electrons. The second-order valence-corrected chi connectivity index (χ2v) is 11.0. The number of rotatable bonds is 6. The molecule has 0 spiro atoms. The molecule has 5 aromatic heterocycles. The fourth-order valence-electron chi connectivity index (χ4n) is 6.15. The van der Waals surface area contributed by atoms with Gasteiger partial charge in [0.25, 0.3) is 0 Å². The van der Waals surface area contributed by atoms with Crippen molar-refractivity contribution in [2.24, 2.45) is 5.92 Å². The number of carbonyl (C=O) groups excluding carboxylic acids is 1. The van der Waals surface area contributed by atoms with Crippen molar-refractivity contribution in [2.45, 2.75) is 57.8 Å². The third kappa shape index (κ3) is 4.89. The summed E-state index contributed by atoms with van der Waals surface area (Å²) < 4.78 is 0. The van der Waals surface area contributed by atoms with Crippen LogP contribution in [0.15, 0.2) is 42.9 Å². The van der Waals surface area contributed by atoms with E-state index in [9.17, 15) is 4.79 Å². The SMILES string of the molecule is O=C(CC1CCCCC1)Nc1cncc(-c2ccc3[nH]nc(-c4nc5nccc(N6CCCCC6)c5[nH]4)c3n2)c1. The fourth-order valence-corrected chi connectivity index (χ4v) is 6.15. The van der Waals surface area contributed by atoms with Crippen molar-refractivity contribution in [2.75, 3.05) is 23.3 Å². The van der Waals surface area contributed by atoms with Gasteiger partial charge in [0.2, 0.25) is 5.91 Å². The van der Waals surface area contributed by atoms with Crippen LogP contribution >= 0.6 is 0 Å². The van der Waals surface area contributed by atoms with Gasteiger partial charge in [0.05, 0.1) is 28.8 Å². The Morgan fingerprint density at radius 3 is 2.73 bits per heavy atom. The van der Waals surface area contributed by atoms with Crippen LogP contribution in [0.1, 0.15) is 57.8 Å². The molecule has 2 aliphatic rings. The van der Waals surface area contributed by atoms with Crippen LogP contribution in [0.5, 0.6) is 0 Å². The van der Waals surface area contributed by atoms with Crippen LogP contribution in [-0.2, 0) is 4.79 Å². The number of aromatic nitrogens is 7. The molecule has 3 N–H and O–H groups in total. The summed E-state index contributed by atoms with van der Waals surface area (Å²) in [4.78, 5) is 37.2. The number of amides is 1. The van der Waals surface area contributed by atoms with Gasteiger partial charge < -0.3 is 15.2 Å². The van der Waals surface area contributed by atoms with Crippen LogP contribution in [0.2, 0.25) is 0 Å². The lowest BCUT2D eigenvalue weighted by molar-refractivity contribution is -0.117. The van der Waals surface area contributed by atoms with Crippen LogP contribution in [0.25, 0.3) is 45.0 Å². The van der Waals surface area contributed by atoms with E-state index >= 15 is 0 Å². The Kier molecular flexibility index (Phi) is 6.59. The van der Waals surface area contributed by atoms with Crippen molar-refractivity contribution in [1.29, 1.82) is 0 Å². The Balaban J connectivity index is 1.17. The number of fused-ring (bicyclic) bond motifs is 2. The topological polar surface area (TPSA) is 128 Å². The zero-order valence-electron chi connectivity index (χ0n) is 22.5. The molecule has 0 aromatic carbocycles. The number of hydrogen-bond donors (Lipinski definition) is 3. The first-order chi connectivity index (χ1) is 19.7. The van der Waals surface area contributed by atoms with Crippen LogP contribution in [0.4, 0.5) is 11.4 Å². The van der Waals surface area contributed by atoms with Gasteiger partial charge >= 0.3 is 0 Å². The summed E-state index contributed by atoms with van der Waals surface area (Å²) in [6, 6.07) is 7.88. The summed E-state index contributed by atoms with van der Waals surface area (Å²) in [6.07, 6.45) is 15.5. The molecule has 1 aliphatic heterocycles. The zero-order chi connectivity index (χ0) is 26.9. The standard InChI is InChI=1S/C30H33N9O/c40-25(15-19-7-3-1-4-8-19)33-21-16-20(17-31-18-21)22-9-10-23-26(34-22)28(38-37-23)30-35-27-24(11-12-32-29(27)36-30)39-13-5-2-6-14-39/h9-12,16-19H,1-8,13-15H2,(H,33,40)(H,37,38)(H,32,35,36). The number of anilines is 2. The van der Waals surface area contributed by atoms with E-state index in [1.54, 1.807) is 12.4 Å². The number of hydrogen-bond acceptors (Lipinski definition) is 7. The predicted molar refractivity (Wildman–Crippen MR) is 156 cm³/mol. The van der Waals surface area contributed by atoms with E-state index in [1.165, 1.54) is 38.5 Å². The first-order valence-electron chi connectivity index (χ1n) is 14.4. The number of H-pyrrole nitrogens is 2. The molecule has 1 saturated carbocycles. The molecule has 5 aromatic rings. The summed E-state index contributed by atoms with van der Waals surface area (Å²) in [5.41, 5.74) is 7.14. The number of pyridine rings is 3. The molecule has 0 radical (unpaired) electrons. The maximum atomic E-state index is 12.7. The lowest BCUT2D eigenvalue weighted by Gasteiger charge is -2.28. The van der Waals surface area contributed by atoms with Crippen molar-refractivity contribution in [3.05, 3.63) is 42.9 Å².